The van der Waals surface area contributed by atoms with Crippen LogP contribution in [0.25, 0.3) is 16.5 Å². The zero-order valence-corrected chi connectivity index (χ0v) is 20.3. The second kappa shape index (κ2) is 9.28. The van der Waals surface area contributed by atoms with Crippen molar-refractivity contribution < 1.29 is 9.63 Å². The van der Waals surface area contributed by atoms with Gasteiger partial charge in [0.25, 0.3) is 0 Å². The van der Waals surface area contributed by atoms with E-state index in [1.54, 1.807) is 5.06 Å². The predicted molar refractivity (Wildman–Crippen MR) is 126 cm³/mol. The molecule has 9 heteroatoms. The minimum Gasteiger partial charge on any atom is -0.366 e. The van der Waals surface area contributed by atoms with E-state index in [-0.39, 0.29) is 5.97 Å². The van der Waals surface area contributed by atoms with Crippen molar-refractivity contribution in [2.24, 2.45) is 0 Å². The fourth-order valence-electron chi connectivity index (χ4n) is 3.60. The summed E-state index contributed by atoms with van der Waals surface area (Å²) in [6, 6.07) is 12.6. The number of fused-ring (bicyclic) bond motifs is 1. The average Bonchev–Trinajstić information content (AvgIpc) is 3.12. The number of hydroxylamine groups is 2. The lowest BCUT2D eigenvalue weighted by molar-refractivity contribution is -0.194. The normalized spacial score (nSPS) is 15.4. The number of nitrogens with zero attached hydrogens (tertiary/aromatic N) is 4. The summed E-state index contributed by atoms with van der Waals surface area (Å²) < 4.78 is 1.70. The molecule has 1 aromatic heterocycles. The van der Waals surface area contributed by atoms with Gasteiger partial charge in [0, 0.05) is 31.6 Å². The Balaban J connectivity index is 1.66. The van der Waals surface area contributed by atoms with Crippen LogP contribution in [0, 0.1) is 0 Å². The molecule has 0 saturated carbocycles. The number of benzene rings is 2. The molecule has 1 aliphatic rings. The molecule has 31 heavy (non-hydrogen) atoms. The topological polar surface area (TPSA) is 72.3 Å². The number of thioether (sulfide) groups is 1. The third-order valence-electron chi connectivity index (χ3n) is 5.33. The first kappa shape index (κ1) is 22.3. The second-order valence-electron chi connectivity index (χ2n) is 7.90. The first-order valence-electron chi connectivity index (χ1n) is 10.4. The van der Waals surface area contributed by atoms with E-state index >= 15 is 0 Å². The third kappa shape index (κ3) is 4.64. The summed E-state index contributed by atoms with van der Waals surface area (Å²) in [6.45, 7) is 8.85. The highest BCUT2D eigenvalue weighted by Gasteiger charge is 2.35. The minimum absolute atomic E-state index is 0.295. The van der Waals surface area contributed by atoms with Crippen molar-refractivity contribution in [3.8, 4) is 5.69 Å². The zero-order valence-electron chi connectivity index (χ0n) is 17.9. The molecule has 2 aromatic carbocycles. The number of piperazine rings is 1. The molecule has 2 heterocycles. The van der Waals surface area contributed by atoms with E-state index < -0.39 is 4.75 Å². The quantitative estimate of drug-likeness (QED) is 0.510. The molecule has 0 atom stereocenters. The van der Waals surface area contributed by atoms with Gasteiger partial charge >= 0.3 is 5.97 Å². The summed E-state index contributed by atoms with van der Waals surface area (Å²) in [4.78, 5) is 18.6. The maximum absolute atomic E-state index is 12.9. The molecule has 0 aliphatic carbocycles. The third-order valence-corrected chi connectivity index (χ3v) is 6.97. The van der Waals surface area contributed by atoms with Crippen LogP contribution in [0.3, 0.4) is 0 Å². The Morgan fingerprint density at radius 3 is 2.58 bits per heavy atom. The van der Waals surface area contributed by atoms with Gasteiger partial charge in [0.2, 0.25) is 4.73 Å². The van der Waals surface area contributed by atoms with Crippen molar-refractivity contribution in [2.45, 2.75) is 37.1 Å². The van der Waals surface area contributed by atoms with Crippen LogP contribution >= 0.6 is 27.7 Å². The zero-order chi connectivity index (χ0) is 22.0. The van der Waals surface area contributed by atoms with E-state index in [9.17, 15) is 4.79 Å². The van der Waals surface area contributed by atoms with Gasteiger partial charge < -0.3 is 10.2 Å². The van der Waals surface area contributed by atoms with Crippen LogP contribution in [-0.4, -0.2) is 56.7 Å². The standard InChI is InChI=1S/C22H26BrN5O2S/c1-4-15-9-10-18(17-8-6-5-7-16(15)17)28-20(23)25-26-21(28)31-22(2,3)19(29)30-27-13-11-24-12-14-27/h5-10,24H,4,11-14H2,1-3H3. The van der Waals surface area contributed by atoms with Crippen LogP contribution in [0.5, 0.6) is 0 Å². The van der Waals surface area contributed by atoms with Crippen molar-refractivity contribution in [3.63, 3.8) is 0 Å². The van der Waals surface area contributed by atoms with Crippen molar-refractivity contribution in [1.82, 2.24) is 25.1 Å². The van der Waals surface area contributed by atoms with Crippen molar-refractivity contribution in [1.29, 1.82) is 0 Å². The van der Waals surface area contributed by atoms with Crippen LogP contribution in [-0.2, 0) is 16.1 Å². The van der Waals surface area contributed by atoms with Gasteiger partial charge in [-0.05, 0) is 53.2 Å². The van der Waals surface area contributed by atoms with Crippen molar-refractivity contribution in [2.75, 3.05) is 26.2 Å². The van der Waals surface area contributed by atoms with Gasteiger partial charge in [-0.1, -0.05) is 49.0 Å². The van der Waals surface area contributed by atoms with Crippen LogP contribution in [0.15, 0.2) is 46.3 Å². The summed E-state index contributed by atoms with van der Waals surface area (Å²) >= 11 is 4.89. The Morgan fingerprint density at radius 2 is 1.87 bits per heavy atom. The van der Waals surface area contributed by atoms with Gasteiger partial charge in [0.1, 0.15) is 4.75 Å². The monoisotopic (exact) mass is 503 g/mol. The maximum atomic E-state index is 12.9. The fourth-order valence-corrected chi connectivity index (χ4v) is 5.09. The molecule has 0 radical (unpaired) electrons. The van der Waals surface area contributed by atoms with Crippen LogP contribution in [0.4, 0.5) is 0 Å². The summed E-state index contributed by atoms with van der Waals surface area (Å²) in [6.07, 6.45) is 0.955. The molecular formula is C22H26BrN5O2S. The summed E-state index contributed by atoms with van der Waals surface area (Å²) in [5, 5.41) is 16.5. The lowest BCUT2D eigenvalue weighted by Gasteiger charge is -2.29. The highest BCUT2D eigenvalue weighted by Crippen LogP contribution is 2.37. The highest BCUT2D eigenvalue weighted by atomic mass is 79.9. The Bertz CT molecular complexity index is 1090. The molecule has 0 spiro atoms. The number of halogens is 1. The Hall–Kier alpha value is -1.94. The molecule has 7 nitrogen and oxygen atoms in total. The fraction of sp³-hybridized carbons (Fsp3) is 0.409. The van der Waals surface area contributed by atoms with Gasteiger partial charge in [-0.2, -0.15) is 0 Å². The minimum atomic E-state index is -0.839. The lowest BCUT2D eigenvalue weighted by atomic mass is 10.0. The average molecular weight is 504 g/mol. The number of aryl methyl sites for hydroxylation is 1. The van der Waals surface area contributed by atoms with Gasteiger partial charge in [0.05, 0.1) is 5.69 Å². The number of hydrogen-bond acceptors (Lipinski definition) is 7. The molecule has 1 N–H and O–H groups in total. The van der Waals surface area contributed by atoms with Gasteiger partial charge in [0.15, 0.2) is 5.16 Å². The summed E-state index contributed by atoms with van der Waals surface area (Å²) in [5.41, 5.74) is 2.26. The Kier molecular flexibility index (Phi) is 6.66. The van der Waals surface area contributed by atoms with Gasteiger partial charge in [-0.25, -0.2) is 4.79 Å². The van der Waals surface area contributed by atoms with Gasteiger partial charge in [-0.3, -0.25) is 4.57 Å². The molecule has 0 bridgehead atoms. The molecule has 0 unspecified atom stereocenters. The number of hydrogen-bond donors (Lipinski definition) is 1. The van der Waals surface area contributed by atoms with E-state index in [0.717, 1.165) is 30.6 Å². The first-order chi connectivity index (χ1) is 14.9. The number of carbonyl (C=O) groups excluding carboxylic acids is 1. The van der Waals surface area contributed by atoms with E-state index in [4.69, 9.17) is 4.84 Å². The van der Waals surface area contributed by atoms with E-state index in [2.05, 4.69) is 68.7 Å². The number of aromatic nitrogens is 3. The second-order valence-corrected chi connectivity index (χ2v) is 10.2. The maximum Gasteiger partial charge on any atom is 0.340 e. The number of nitrogens with one attached hydrogen (secondary N) is 1. The highest BCUT2D eigenvalue weighted by molar-refractivity contribution is 9.10. The molecule has 1 saturated heterocycles. The summed E-state index contributed by atoms with van der Waals surface area (Å²) in [7, 11) is 0. The molecule has 0 amide bonds. The van der Waals surface area contributed by atoms with E-state index in [0.29, 0.717) is 23.0 Å². The van der Waals surface area contributed by atoms with Crippen LogP contribution in [0.1, 0.15) is 26.3 Å². The van der Waals surface area contributed by atoms with Crippen molar-refractivity contribution in [3.05, 3.63) is 46.7 Å². The first-order valence-corrected chi connectivity index (χ1v) is 12.0. The Labute approximate surface area is 194 Å². The van der Waals surface area contributed by atoms with E-state index in [1.807, 2.05) is 24.5 Å². The van der Waals surface area contributed by atoms with Crippen LogP contribution < -0.4 is 5.32 Å². The molecule has 1 fully saturated rings. The summed E-state index contributed by atoms with van der Waals surface area (Å²) in [5.74, 6) is -0.295. The molecule has 4 rings (SSSR count). The number of rotatable bonds is 6. The SMILES string of the molecule is CCc1ccc(-n2c(Br)nnc2SC(C)(C)C(=O)ON2CCNCC2)c2ccccc12. The molecular weight excluding hydrogens is 478 g/mol. The molecule has 164 valence electrons. The van der Waals surface area contributed by atoms with E-state index in [1.165, 1.54) is 22.7 Å². The smallest absolute Gasteiger partial charge is 0.340 e. The van der Waals surface area contributed by atoms with Crippen molar-refractivity contribution >= 4 is 44.4 Å². The number of carbonyl (C=O) groups is 1. The predicted octanol–water partition coefficient (Wildman–Crippen LogP) is 3.98. The van der Waals surface area contributed by atoms with Gasteiger partial charge in [-0.15, -0.1) is 15.3 Å². The molecule has 3 aromatic rings. The Morgan fingerprint density at radius 1 is 1.16 bits per heavy atom. The molecule has 1 aliphatic heterocycles. The largest absolute Gasteiger partial charge is 0.366 e. The van der Waals surface area contributed by atoms with Crippen LogP contribution in [0.2, 0.25) is 0 Å². The lowest BCUT2D eigenvalue weighted by Crippen LogP contribution is -2.46.